The van der Waals surface area contributed by atoms with E-state index in [-0.39, 0.29) is 18.5 Å². The summed E-state index contributed by atoms with van der Waals surface area (Å²) in [6, 6.07) is 11.4. The van der Waals surface area contributed by atoms with Gasteiger partial charge in [-0.3, -0.25) is 9.59 Å². The van der Waals surface area contributed by atoms with Crippen LogP contribution in [0.2, 0.25) is 0 Å². The van der Waals surface area contributed by atoms with Crippen LogP contribution in [0.3, 0.4) is 0 Å². The molecule has 2 N–H and O–H groups in total. The second kappa shape index (κ2) is 10.1. The van der Waals surface area contributed by atoms with Gasteiger partial charge in [0.15, 0.2) is 6.61 Å². The van der Waals surface area contributed by atoms with Crippen LogP contribution in [0.25, 0.3) is 16.8 Å². The molecule has 2 aromatic rings. The standard InChI is InChI=1S/C21H24N2O5/c1-14(2)23-19(24)12-22-20(25)13-28-21(26)9-5-15-4-6-17-11-18(27-3)8-7-16(17)10-15/h4-11,14H,12-13H2,1-3H3,(H,22,25)(H,23,24)/b9-5+. The maximum absolute atomic E-state index is 11.8. The minimum absolute atomic E-state index is 0.00972. The summed E-state index contributed by atoms with van der Waals surface area (Å²) in [7, 11) is 1.62. The molecule has 0 radical (unpaired) electrons. The predicted octanol–water partition coefficient (Wildman–Crippen LogP) is 2.05. The van der Waals surface area contributed by atoms with Crippen LogP contribution in [0.5, 0.6) is 5.75 Å². The Morgan fingerprint density at radius 1 is 1.04 bits per heavy atom. The summed E-state index contributed by atoms with van der Waals surface area (Å²) < 4.78 is 10.1. The number of methoxy groups -OCH3 is 1. The van der Waals surface area contributed by atoms with E-state index in [1.165, 1.54) is 6.08 Å². The molecule has 0 saturated heterocycles. The van der Waals surface area contributed by atoms with Gasteiger partial charge in [-0.15, -0.1) is 0 Å². The van der Waals surface area contributed by atoms with Crippen molar-refractivity contribution in [1.29, 1.82) is 0 Å². The van der Waals surface area contributed by atoms with Crippen LogP contribution in [-0.4, -0.2) is 44.1 Å². The maximum Gasteiger partial charge on any atom is 0.331 e. The predicted molar refractivity (Wildman–Crippen MR) is 107 cm³/mol. The molecule has 0 fully saturated rings. The average molecular weight is 384 g/mol. The van der Waals surface area contributed by atoms with Crippen molar-refractivity contribution in [2.45, 2.75) is 19.9 Å². The first-order valence-corrected chi connectivity index (χ1v) is 8.86. The number of ether oxygens (including phenoxy) is 2. The first-order valence-electron chi connectivity index (χ1n) is 8.86. The molecule has 0 aliphatic heterocycles. The third kappa shape index (κ3) is 6.75. The molecule has 148 valence electrons. The number of esters is 1. The molecule has 7 nitrogen and oxygen atoms in total. The van der Waals surface area contributed by atoms with Crippen LogP contribution in [0, 0.1) is 0 Å². The van der Waals surface area contributed by atoms with E-state index in [2.05, 4.69) is 10.6 Å². The lowest BCUT2D eigenvalue weighted by molar-refractivity contribution is -0.143. The lowest BCUT2D eigenvalue weighted by Crippen LogP contribution is -2.41. The maximum atomic E-state index is 11.8. The Balaban J connectivity index is 1.82. The van der Waals surface area contributed by atoms with Crippen LogP contribution in [0.4, 0.5) is 0 Å². The van der Waals surface area contributed by atoms with Crippen LogP contribution < -0.4 is 15.4 Å². The van der Waals surface area contributed by atoms with E-state index in [1.54, 1.807) is 13.2 Å². The van der Waals surface area contributed by atoms with Gasteiger partial charge in [0.2, 0.25) is 5.91 Å². The van der Waals surface area contributed by atoms with Crippen molar-refractivity contribution in [2.24, 2.45) is 0 Å². The van der Waals surface area contributed by atoms with Gasteiger partial charge in [-0.25, -0.2) is 4.79 Å². The number of benzene rings is 2. The number of hydrogen-bond donors (Lipinski definition) is 2. The highest BCUT2D eigenvalue weighted by Crippen LogP contribution is 2.22. The Morgan fingerprint density at radius 2 is 1.75 bits per heavy atom. The Bertz CT molecular complexity index is 889. The molecule has 0 spiro atoms. The topological polar surface area (TPSA) is 93.7 Å². The van der Waals surface area contributed by atoms with Crippen molar-refractivity contribution < 1.29 is 23.9 Å². The van der Waals surface area contributed by atoms with Gasteiger partial charge in [0.05, 0.1) is 13.7 Å². The number of rotatable bonds is 8. The van der Waals surface area contributed by atoms with Crippen molar-refractivity contribution in [1.82, 2.24) is 10.6 Å². The molecule has 0 aliphatic carbocycles. The first-order chi connectivity index (χ1) is 13.4. The zero-order valence-corrected chi connectivity index (χ0v) is 16.2. The number of carbonyl (C=O) groups is 3. The molecule has 0 bridgehead atoms. The van der Waals surface area contributed by atoms with Gasteiger partial charge in [0.1, 0.15) is 5.75 Å². The molecule has 0 atom stereocenters. The highest BCUT2D eigenvalue weighted by Gasteiger charge is 2.08. The van der Waals surface area contributed by atoms with Crippen LogP contribution in [-0.2, 0) is 19.1 Å². The summed E-state index contributed by atoms with van der Waals surface area (Å²) in [6.45, 7) is 3.03. The molecule has 2 rings (SSSR count). The lowest BCUT2D eigenvalue weighted by Gasteiger charge is -2.09. The number of hydrogen-bond acceptors (Lipinski definition) is 5. The second-order valence-corrected chi connectivity index (χ2v) is 6.41. The summed E-state index contributed by atoms with van der Waals surface area (Å²) in [5.41, 5.74) is 0.824. The molecule has 2 aromatic carbocycles. The summed E-state index contributed by atoms with van der Waals surface area (Å²) in [5, 5.41) is 7.06. The van der Waals surface area contributed by atoms with Crippen molar-refractivity contribution in [3.63, 3.8) is 0 Å². The number of amides is 2. The van der Waals surface area contributed by atoms with Crippen molar-refractivity contribution >= 4 is 34.6 Å². The molecule has 28 heavy (non-hydrogen) atoms. The average Bonchev–Trinajstić information content (AvgIpc) is 2.68. The fourth-order valence-electron chi connectivity index (χ4n) is 2.42. The van der Waals surface area contributed by atoms with Crippen LogP contribution in [0.1, 0.15) is 19.4 Å². The molecule has 0 aromatic heterocycles. The third-order valence-corrected chi connectivity index (χ3v) is 3.72. The molecule has 0 aliphatic rings. The molecule has 7 heteroatoms. The van der Waals surface area contributed by atoms with E-state index in [0.29, 0.717) is 0 Å². The van der Waals surface area contributed by atoms with Crippen molar-refractivity contribution in [2.75, 3.05) is 20.3 Å². The summed E-state index contributed by atoms with van der Waals surface area (Å²) in [4.78, 5) is 34.8. The minimum atomic E-state index is -0.642. The monoisotopic (exact) mass is 384 g/mol. The largest absolute Gasteiger partial charge is 0.497 e. The Hall–Kier alpha value is -3.35. The van der Waals surface area contributed by atoms with E-state index in [9.17, 15) is 14.4 Å². The van der Waals surface area contributed by atoms with E-state index in [4.69, 9.17) is 9.47 Å². The highest BCUT2D eigenvalue weighted by molar-refractivity contribution is 5.92. The summed E-state index contributed by atoms with van der Waals surface area (Å²) in [6.07, 6.45) is 2.86. The summed E-state index contributed by atoms with van der Waals surface area (Å²) >= 11 is 0. The van der Waals surface area contributed by atoms with Gasteiger partial charge in [-0.1, -0.05) is 18.2 Å². The van der Waals surface area contributed by atoms with Gasteiger partial charge in [0.25, 0.3) is 5.91 Å². The minimum Gasteiger partial charge on any atom is -0.497 e. The van der Waals surface area contributed by atoms with Gasteiger partial charge >= 0.3 is 5.97 Å². The molecular weight excluding hydrogens is 360 g/mol. The van der Waals surface area contributed by atoms with E-state index < -0.39 is 18.5 Å². The molecule has 0 heterocycles. The third-order valence-electron chi connectivity index (χ3n) is 3.72. The van der Waals surface area contributed by atoms with Gasteiger partial charge < -0.3 is 20.1 Å². The zero-order chi connectivity index (χ0) is 20.5. The van der Waals surface area contributed by atoms with E-state index in [1.807, 2.05) is 50.2 Å². The Labute approximate surface area is 163 Å². The van der Waals surface area contributed by atoms with E-state index in [0.717, 1.165) is 22.1 Å². The zero-order valence-electron chi connectivity index (χ0n) is 16.2. The SMILES string of the molecule is COc1ccc2cc(/C=C/C(=O)OCC(=O)NCC(=O)NC(C)C)ccc2c1. The normalized spacial score (nSPS) is 10.9. The van der Waals surface area contributed by atoms with Crippen LogP contribution in [0.15, 0.2) is 42.5 Å². The second-order valence-electron chi connectivity index (χ2n) is 6.41. The van der Waals surface area contributed by atoms with Gasteiger partial charge in [-0.2, -0.15) is 0 Å². The smallest absolute Gasteiger partial charge is 0.331 e. The van der Waals surface area contributed by atoms with Crippen molar-refractivity contribution in [3.8, 4) is 5.75 Å². The highest BCUT2D eigenvalue weighted by atomic mass is 16.5. The Morgan fingerprint density at radius 3 is 2.46 bits per heavy atom. The molecule has 0 unspecified atom stereocenters. The lowest BCUT2D eigenvalue weighted by atomic mass is 10.1. The number of fused-ring (bicyclic) bond motifs is 1. The molecule has 2 amide bonds. The fourth-order valence-corrected chi connectivity index (χ4v) is 2.42. The number of nitrogens with one attached hydrogen (secondary N) is 2. The van der Waals surface area contributed by atoms with Gasteiger partial charge in [-0.05, 0) is 54.5 Å². The Kier molecular flexibility index (Phi) is 7.56. The summed E-state index contributed by atoms with van der Waals surface area (Å²) in [5.74, 6) is -0.709. The quantitative estimate of drug-likeness (QED) is 0.537. The van der Waals surface area contributed by atoms with Crippen LogP contribution >= 0.6 is 0 Å². The molecule has 0 saturated carbocycles. The van der Waals surface area contributed by atoms with Crippen molar-refractivity contribution in [3.05, 3.63) is 48.0 Å². The van der Waals surface area contributed by atoms with Gasteiger partial charge in [0, 0.05) is 12.1 Å². The molecular formula is C21H24N2O5. The number of carbonyl (C=O) groups excluding carboxylic acids is 3. The van der Waals surface area contributed by atoms with E-state index >= 15 is 0 Å². The first kappa shape index (κ1) is 21.0. The fraction of sp³-hybridized carbons (Fsp3) is 0.286.